The van der Waals surface area contributed by atoms with Gasteiger partial charge in [-0.3, -0.25) is 0 Å². The van der Waals surface area contributed by atoms with E-state index in [0.717, 1.165) is 12.8 Å². The fourth-order valence-corrected chi connectivity index (χ4v) is 0. The molecule has 0 amide bonds. The summed E-state index contributed by atoms with van der Waals surface area (Å²) in [5, 5.41) is 15.8. The van der Waals surface area contributed by atoms with E-state index in [-0.39, 0.29) is 0 Å². The number of hydrogen-bond acceptors (Lipinski definition) is 2. The van der Waals surface area contributed by atoms with Crippen molar-refractivity contribution in [3.05, 3.63) is 0 Å². The van der Waals surface area contributed by atoms with Crippen LogP contribution in [0, 0.1) is 0 Å². The predicted molar refractivity (Wildman–Crippen MR) is 34.8 cm³/mol. The van der Waals surface area contributed by atoms with Crippen LogP contribution < -0.4 is 0 Å². The molecule has 8 heavy (non-hydrogen) atoms. The first-order valence-corrected chi connectivity index (χ1v) is 3.05. The van der Waals surface area contributed by atoms with Crippen LogP contribution in [0.5, 0.6) is 0 Å². The van der Waals surface area contributed by atoms with Gasteiger partial charge in [0.25, 0.3) is 0 Å². The zero-order valence-electron chi connectivity index (χ0n) is 5.72. The molecule has 0 unspecified atom stereocenters. The topological polar surface area (TPSA) is 40.5 Å². The molecule has 2 nitrogen and oxygen atoms in total. The van der Waals surface area contributed by atoms with Crippen LogP contribution >= 0.6 is 0 Å². The number of aliphatic hydroxyl groups excluding tert-OH is 2. The molecule has 0 saturated heterocycles. The second-order valence-electron chi connectivity index (χ2n) is 1.45. The Morgan fingerprint density at radius 2 is 1.00 bits per heavy atom. The molecule has 0 fully saturated rings. The van der Waals surface area contributed by atoms with Gasteiger partial charge in [0, 0.05) is 13.2 Å². The molecular formula is C6H16O2. The molecule has 0 aliphatic heterocycles. The molecule has 0 aromatic heterocycles. The number of hydrogen-bond donors (Lipinski definition) is 2. The maximum absolute atomic E-state index is 7.88. The van der Waals surface area contributed by atoms with Gasteiger partial charge in [-0.25, -0.2) is 0 Å². The average molecular weight is 120 g/mol. The Bertz CT molecular complexity index is 14.5. The molecule has 0 saturated carbocycles. The quantitative estimate of drug-likeness (QED) is 0.565. The Morgan fingerprint density at radius 1 is 0.875 bits per heavy atom. The third-order valence-corrected chi connectivity index (χ3v) is 0.447. The minimum atomic E-state index is 0.319. The Hall–Kier alpha value is -0.0800. The summed E-state index contributed by atoms with van der Waals surface area (Å²) in [4.78, 5) is 0. The molecule has 2 heteroatoms. The highest BCUT2D eigenvalue weighted by Crippen LogP contribution is 1.61. The van der Waals surface area contributed by atoms with Gasteiger partial charge in [0.2, 0.25) is 0 Å². The lowest BCUT2D eigenvalue weighted by atomic mass is 10.5. The maximum atomic E-state index is 7.88. The Labute approximate surface area is 51.2 Å². The maximum Gasteiger partial charge on any atom is 0.0428 e. The smallest absolute Gasteiger partial charge is 0.0428 e. The monoisotopic (exact) mass is 120 g/mol. The Balaban J connectivity index is 0. The van der Waals surface area contributed by atoms with Gasteiger partial charge in [-0.05, 0) is 12.8 Å². The summed E-state index contributed by atoms with van der Waals surface area (Å²) >= 11 is 0. The van der Waals surface area contributed by atoms with E-state index in [4.69, 9.17) is 10.2 Å². The first kappa shape index (κ1) is 10.8. The van der Waals surface area contributed by atoms with Crippen LogP contribution in [0.1, 0.15) is 26.7 Å². The van der Waals surface area contributed by atoms with Crippen molar-refractivity contribution in [2.45, 2.75) is 26.7 Å². The SMILES string of the molecule is CCCO.CCCO. The van der Waals surface area contributed by atoms with Crippen LogP contribution in [0.25, 0.3) is 0 Å². The molecule has 0 aromatic rings. The molecule has 0 radical (unpaired) electrons. The van der Waals surface area contributed by atoms with Gasteiger partial charge in [-0.15, -0.1) is 0 Å². The van der Waals surface area contributed by atoms with Gasteiger partial charge in [-0.2, -0.15) is 0 Å². The zero-order valence-corrected chi connectivity index (χ0v) is 5.72. The molecule has 0 aromatic carbocycles. The fourth-order valence-electron chi connectivity index (χ4n) is 0. The zero-order chi connectivity index (χ0) is 6.83. The molecule has 52 valence electrons. The molecule has 0 heterocycles. The van der Waals surface area contributed by atoms with Crippen molar-refractivity contribution in [2.75, 3.05) is 13.2 Å². The highest BCUT2D eigenvalue weighted by atomic mass is 16.3. The Kier molecular flexibility index (Phi) is 21.3. The highest BCUT2D eigenvalue weighted by molar-refractivity contribution is 4.10. The van der Waals surface area contributed by atoms with E-state index < -0.39 is 0 Å². The summed E-state index contributed by atoms with van der Waals surface area (Å²) in [5.41, 5.74) is 0. The third kappa shape index (κ3) is 38.9. The largest absolute Gasteiger partial charge is 0.396 e. The molecule has 0 atom stereocenters. The van der Waals surface area contributed by atoms with Crippen LogP contribution in [0.3, 0.4) is 0 Å². The van der Waals surface area contributed by atoms with E-state index in [1.807, 2.05) is 13.8 Å². The van der Waals surface area contributed by atoms with Gasteiger partial charge < -0.3 is 10.2 Å². The lowest BCUT2D eigenvalue weighted by Crippen LogP contribution is -1.69. The van der Waals surface area contributed by atoms with Crippen molar-refractivity contribution in [2.24, 2.45) is 0 Å². The van der Waals surface area contributed by atoms with Crippen molar-refractivity contribution in [1.29, 1.82) is 0 Å². The second-order valence-corrected chi connectivity index (χ2v) is 1.45. The normalized spacial score (nSPS) is 7.50. The molecule has 0 spiro atoms. The molecule has 2 N–H and O–H groups in total. The molecule has 0 bridgehead atoms. The minimum absolute atomic E-state index is 0.319. The van der Waals surface area contributed by atoms with Gasteiger partial charge >= 0.3 is 0 Å². The standard InChI is InChI=1S/2C3H8O/c2*1-2-3-4/h2*4H,2-3H2,1H3. The van der Waals surface area contributed by atoms with Crippen molar-refractivity contribution in [3.63, 3.8) is 0 Å². The van der Waals surface area contributed by atoms with Crippen LogP contribution in [0.2, 0.25) is 0 Å². The van der Waals surface area contributed by atoms with Gasteiger partial charge in [0.05, 0.1) is 0 Å². The van der Waals surface area contributed by atoms with E-state index in [1.165, 1.54) is 0 Å². The van der Waals surface area contributed by atoms with Crippen LogP contribution in [0.4, 0.5) is 0 Å². The van der Waals surface area contributed by atoms with Crippen molar-refractivity contribution in [3.8, 4) is 0 Å². The van der Waals surface area contributed by atoms with Gasteiger partial charge in [0.15, 0.2) is 0 Å². The average Bonchev–Trinajstić information content (AvgIpc) is 1.88. The van der Waals surface area contributed by atoms with Crippen LogP contribution in [0.15, 0.2) is 0 Å². The van der Waals surface area contributed by atoms with Gasteiger partial charge in [0.1, 0.15) is 0 Å². The predicted octanol–water partition coefficient (Wildman–Crippen LogP) is 0.777. The Morgan fingerprint density at radius 3 is 1.00 bits per heavy atom. The summed E-state index contributed by atoms with van der Waals surface area (Å²) in [6, 6.07) is 0. The summed E-state index contributed by atoms with van der Waals surface area (Å²) in [6.45, 7) is 4.50. The fraction of sp³-hybridized carbons (Fsp3) is 1.00. The third-order valence-electron chi connectivity index (χ3n) is 0.447. The highest BCUT2D eigenvalue weighted by Gasteiger charge is 1.57. The lowest BCUT2D eigenvalue weighted by molar-refractivity contribution is 0.294. The summed E-state index contributed by atoms with van der Waals surface area (Å²) in [7, 11) is 0. The summed E-state index contributed by atoms with van der Waals surface area (Å²) in [6.07, 6.45) is 1.75. The van der Waals surface area contributed by atoms with Crippen molar-refractivity contribution in [1.82, 2.24) is 0 Å². The van der Waals surface area contributed by atoms with Gasteiger partial charge in [-0.1, -0.05) is 13.8 Å². The van der Waals surface area contributed by atoms with E-state index in [2.05, 4.69) is 0 Å². The first-order chi connectivity index (χ1) is 3.83. The first-order valence-electron chi connectivity index (χ1n) is 3.05. The van der Waals surface area contributed by atoms with Crippen LogP contribution in [-0.2, 0) is 0 Å². The number of aliphatic hydroxyl groups is 2. The number of rotatable bonds is 2. The molecule has 0 rings (SSSR count). The minimum Gasteiger partial charge on any atom is -0.396 e. The summed E-state index contributed by atoms with van der Waals surface area (Å²) < 4.78 is 0. The lowest BCUT2D eigenvalue weighted by Gasteiger charge is -1.69. The molecule has 0 aliphatic carbocycles. The van der Waals surface area contributed by atoms with E-state index in [0.29, 0.717) is 13.2 Å². The summed E-state index contributed by atoms with van der Waals surface area (Å²) in [5.74, 6) is 0. The van der Waals surface area contributed by atoms with E-state index in [9.17, 15) is 0 Å². The second kappa shape index (κ2) is 15.8. The van der Waals surface area contributed by atoms with E-state index in [1.54, 1.807) is 0 Å². The van der Waals surface area contributed by atoms with E-state index >= 15 is 0 Å². The van der Waals surface area contributed by atoms with Crippen molar-refractivity contribution < 1.29 is 10.2 Å². The van der Waals surface area contributed by atoms with Crippen LogP contribution in [-0.4, -0.2) is 23.4 Å². The molecular weight excluding hydrogens is 104 g/mol. The molecule has 0 aliphatic rings. The van der Waals surface area contributed by atoms with Crippen molar-refractivity contribution >= 4 is 0 Å².